The molecule has 0 bridgehead atoms. The lowest BCUT2D eigenvalue weighted by Gasteiger charge is -2.28. The first-order valence-corrected chi connectivity index (χ1v) is 7.67. The Bertz CT molecular complexity index is 126. The molecule has 0 saturated heterocycles. The van der Waals surface area contributed by atoms with E-state index in [2.05, 4.69) is 0 Å². The highest BCUT2D eigenvalue weighted by atomic mass is 28.4. The van der Waals surface area contributed by atoms with E-state index in [0.29, 0.717) is 26.4 Å². The fourth-order valence-electron chi connectivity index (χ4n) is 1.34. The smallest absolute Gasteiger partial charge is 0.382 e. The predicted molar refractivity (Wildman–Crippen MR) is 61.9 cm³/mol. The van der Waals surface area contributed by atoms with Gasteiger partial charge in [0.1, 0.15) is 0 Å². The SMILES string of the molecule is CCOCC[Si](OCC)(OCC)OCC. The zero-order valence-corrected chi connectivity index (χ0v) is 11.4. The highest BCUT2D eigenvalue weighted by Crippen LogP contribution is 2.15. The van der Waals surface area contributed by atoms with Gasteiger partial charge in [-0.25, -0.2) is 0 Å². The van der Waals surface area contributed by atoms with E-state index in [9.17, 15) is 0 Å². The van der Waals surface area contributed by atoms with Gasteiger partial charge in [-0.05, 0) is 27.7 Å². The lowest BCUT2D eigenvalue weighted by Crippen LogP contribution is -2.46. The standard InChI is InChI=1S/C10H24O4Si/c1-5-11-9-10-15(12-6-2,13-7-3)14-8-4/h5-10H2,1-4H3. The molecule has 0 N–H and O–H groups in total. The van der Waals surface area contributed by atoms with Crippen LogP contribution in [0, 0.1) is 0 Å². The normalized spacial score (nSPS) is 12.0. The van der Waals surface area contributed by atoms with Crippen LogP contribution in [0.15, 0.2) is 0 Å². The summed E-state index contributed by atoms with van der Waals surface area (Å²) in [5.74, 6) is 0. The highest BCUT2D eigenvalue weighted by molar-refractivity contribution is 6.60. The van der Waals surface area contributed by atoms with E-state index in [1.54, 1.807) is 0 Å². The van der Waals surface area contributed by atoms with Crippen LogP contribution in [0.4, 0.5) is 0 Å². The molecule has 0 aliphatic carbocycles. The molecule has 0 aliphatic heterocycles. The molecule has 0 spiro atoms. The maximum absolute atomic E-state index is 5.67. The van der Waals surface area contributed by atoms with Gasteiger partial charge in [-0.1, -0.05) is 0 Å². The molecule has 92 valence electrons. The molecule has 0 aliphatic rings. The molecule has 0 fully saturated rings. The summed E-state index contributed by atoms with van der Waals surface area (Å²) in [6, 6.07) is 0.732. The van der Waals surface area contributed by atoms with E-state index in [4.69, 9.17) is 18.0 Å². The lowest BCUT2D eigenvalue weighted by atomic mass is 10.8. The van der Waals surface area contributed by atoms with Crippen LogP contribution in [0.3, 0.4) is 0 Å². The van der Waals surface area contributed by atoms with Crippen LogP contribution in [0.25, 0.3) is 0 Å². The van der Waals surface area contributed by atoms with Crippen molar-refractivity contribution in [1.82, 2.24) is 0 Å². The van der Waals surface area contributed by atoms with Crippen LogP contribution in [-0.4, -0.2) is 41.8 Å². The van der Waals surface area contributed by atoms with Crippen LogP contribution >= 0.6 is 0 Å². The van der Waals surface area contributed by atoms with Crippen LogP contribution in [0.2, 0.25) is 6.04 Å². The molecule has 0 aromatic rings. The van der Waals surface area contributed by atoms with E-state index in [1.807, 2.05) is 27.7 Å². The van der Waals surface area contributed by atoms with Gasteiger partial charge in [-0.3, -0.25) is 0 Å². The third-order valence-corrected chi connectivity index (χ3v) is 4.85. The van der Waals surface area contributed by atoms with Gasteiger partial charge in [0.15, 0.2) is 0 Å². The summed E-state index contributed by atoms with van der Waals surface area (Å²) in [6.45, 7) is 11.1. The average Bonchev–Trinajstić information content (AvgIpc) is 2.19. The van der Waals surface area contributed by atoms with E-state index in [-0.39, 0.29) is 0 Å². The Labute approximate surface area is 94.2 Å². The second-order valence-corrected chi connectivity index (χ2v) is 5.66. The molecule has 0 aromatic carbocycles. The second-order valence-electron chi connectivity index (χ2n) is 2.93. The summed E-state index contributed by atoms with van der Waals surface area (Å²) in [5.41, 5.74) is 0. The molecule has 0 amide bonds. The fraction of sp³-hybridized carbons (Fsp3) is 1.00. The second kappa shape index (κ2) is 9.29. The first-order valence-electron chi connectivity index (χ1n) is 5.74. The molecule has 15 heavy (non-hydrogen) atoms. The summed E-state index contributed by atoms with van der Waals surface area (Å²) in [5, 5.41) is 0. The fourth-order valence-corrected chi connectivity index (χ4v) is 3.74. The van der Waals surface area contributed by atoms with Gasteiger partial charge in [0.05, 0.1) is 6.61 Å². The summed E-state index contributed by atoms with van der Waals surface area (Å²) < 4.78 is 22.3. The average molecular weight is 236 g/mol. The molecule has 5 heteroatoms. The Balaban J connectivity index is 4.18. The molecule has 0 aromatic heterocycles. The van der Waals surface area contributed by atoms with Crippen molar-refractivity contribution in [2.75, 3.05) is 33.0 Å². The largest absolute Gasteiger partial charge is 0.503 e. The topological polar surface area (TPSA) is 36.9 Å². The highest BCUT2D eigenvalue weighted by Gasteiger charge is 2.39. The number of ether oxygens (including phenoxy) is 1. The summed E-state index contributed by atoms with van der Waals surface area (Å²) in [6.07, 6.45) is 0. The van der Waals surface area contributed by atoms with Gasteiger partial charge in [0.25, 0.3) is 0 Å². The molecule has 4 nitrogen and oxygen atoms in total. The van der Waals surface area contributed by atoms with Gasteiger partial charge < -0.3 is 18.0 Å². The van der Waals surface area contributed by atoms with Crippen molar-refractivity contribution in [2.45, 2.75) is 33.7 Å². The molecule has 0 unspecified atom stereocenters. The maximum Gasteiger partial charge on any atom is 0.503 e. The van der Waals surface area contributed by atoms with Crippen molar-refractivity contribution in [3.8, 4) is 0 Å². The molecule has 0 rings (SSSR count). The Morgan fingerprint density at radius 2 is 1.20 bits per heavy atom. The lowest BCUT2D eigenvalue weighted by molar-refractivity contribution is 0.0593. The minimum atomic E-state index is -2.46. The van der Waals surface area contributed by atoms with Crippen LogP contribution in [0.5, 0.6) is 0 Å². The minimum absolute atomic E-state index is 0.623. The molecular formula is C10H24O4Si. The monoisotopic (exact) mass is 236 g/mol. The third kappa shape index (κ3) is 6.27. The Hall–Kier alpha value is 0.0569. The van der Waals surface area contributed by atoms with Gasteiger partial charge >= 0.3 is 8.80 Å². The zero-order valence-electron chi connectivity index (χ0n) is 10.4. The van der Waals surface area contributed by atoms with Gasteiger partial charge in [-0.2, -0.15) is 0 Å². The summed E-state index contributed by atoms with van der Waals surface area (Å²) >= 11 is 0. The van der Waals surface area contributed by atoms with Crippen LogP contribution in [0.1, 0.15) is 27.7 Å². The predicted octanol–water partition coefficient (Wildman–Crippen LogP) is 2.07. The maximum atomic E-state index is 5.67. The van der Waals surface area contributed by atoms with E-state index in [1.165, 1.54) is 0 Å². The van der Waals surface area contributed by atoms with Gasteiger partial charge in [-0.15, -0.1) is 0 Å². The number of hydrogen-bond acceptors (Lipinski definition) is 4. The first kappa shape index (κ1) is 15.1. The van der Waals surface area contributed by atoms with Gasteiger partial charge in [0.2, 0.25) is 0 Å². The molecule has 0 heterocycles. The van der Waals surface area contributed by atoms with Crippen molar-refractivity contribution in [2.24, 2.45) is 0 Å². The quantitative estimate of drug-likeness (QED) is 0.430. The van der Waals surface area contributed by atoms with E-state index < -0.39 is 8.80 Å². The van der Waals surface area contributed by atoms with Crippen molar-refractivity contribution in [1.29, 1.82) is 0 Å². The van der Waals surface area contributed by atoms with Crippen LogP contribution < -0.4 is 0 Å². The Morgan fingerprint density at radius 1 is 0.733 bits per heavy atom. The number of rotatable bonds is 10. The number of hydrogen-bond donors (Lipinski definition) is 0. The molecule has 0 atom stereocenters. The van der Waals surface area contributed by atoms with Gasteiger partial charge in [0, 0.05) is 32.5 Å². The third-order valence-electron chi connectivity index (χ3n) is 1.85. The molecule has 0 radical (unpaired) electrons. The van der Waals surface area contributed by atoms with Crippen molar-refractivity contribution in [3.05, 3.63) is 0 Å². The van der Waals surface area contributed by atoms with Crippen LogP contribution in [-0.2, 0) is 18.0 Å². The summed E-state index contributed by atoms with van der Waals surface area (Å²) in [7, 11) is -2.46. The first-order chi connectivity index (χ1) is 7.24. The summed E-state index contributed by atoms with van der Waals surface area (Å²) in [4.78, 5) is 0. The van der Waals surface area contributed by atoms with Crippen molar-refractivity contribution >= 4 is 8.80 Å². The van der Waals surface area contributed by atoms with Crippen molar-refractivity contribution < 1.29 is 18.0 Å². The van der Waals surface area contributed by atoms with Crippen molar-refractivity contribution in [3.63, 3.8) is 0 Å². The minimum Gasteiger partial charge on any atom is -0.382 e. The Morgan fingerprint density at radius 3 is 1.53 bits per heavy atom. The zero-order chi connectivity index (χ0) is 11.6. The molecular weight excluding hydrogens is 212 g/mol. The molecule has 0 saturated carbocycles. The van der Waals surface area contributed by atoms with E-state index in [0.717, 1.165) is 12.7 Å². The van der Waals surface area contributed by atoms with E-state index >= 15 is 0 Å². The Kier molecular flexibility index (Phi) is 9.33.